The molecule has 1 aromatic carbocycles. The Bertz CT molecular complexity index is 542. The average Bonchev–Trinajstić information content (AvgIpc) is 2.78. The zero-order chi connectivity index (χ0) is 12.3. The number of halogens is 1. The summed E-state index contributed by atoms with van der Waals surface area (Å²) < 4.78 is 13.6. The number of nitriles is 1. The second-order valence-corrected chi connectivity index (χ2v) is 5.84. The highest BCUT2D eigenvalue weighted by atomic mass is 32.2. The lowest BCUT2D eigenvalue weighted by atomic mass is 10.2. The van der Waals surface area contributed by atoms with Gasteiger partial charge in [0, 0.05) is 10.9 Å². The predicted octanol–water partition coefficient (Wildman–Crippen LogP) is 3.95. The monoisotopic (exact) mass is 264 g/mol. The second-order valence-electron chi connectivity index (χ2n) is 3.39. The summed E-state index contributed by atoms with van der Waals surface area (Å²) in [6.07, 6.45) is 0. The summed E-state index contributed by atoms with van der Waals surface area (Å²) in [5, 5.41) is 10.5. The lowest BCUT2D eigenvalue weighted by Crippen LogP contribution is -1.88. The highest BCUT2D eigenvalue weighted by Gasteiger charge is 2.08. The molecule has 0 aliphatic carbocycles. The van der Waals surface area contributed by atoms with Crippen LogP contribution in [0.5, 0.6) is 0 Å². The van der Waals surface area contributed by atoms with E-state index in [1.165, 1.54) is 35.2 Å². The van der Waals surface area contributed by atoms with E-state index in [4.69, 9.17) is 5.26 Å². The number of rotatable bonds is 3. The topological polar surface area (TPSA) is 36.7 Å². The quantitative estimate of drug-likeness (QED) is 0.787. The van der Waals surface area contributed by atoms with Gasteiger partial charge >= 0.3 is 0 Å². The first kappa shape index (κ1) is 12.1. The standard InChI is InChI=1S/C12H9FN2S2/c1-8(6-14)17-12-15-11(7-16-12)9-2-4-10(13)5-3-9/h2-5,7-8H,1H3. The summed E-state index contributed by atoms with van der Waals surface area (Å²) in [6.45, 7) is 1.84. The van der Waals surface area contributed by atoms with E-state index in [0.717, 1.165) is 15.6 Å². The van der Waals surface area contributed by atoms with Crippen molar-refractivity contribution in [1.29, 1.82) is 5.26 Å². The van der Waals surface area contributed by atoms with Crippen molar-refractivity contribution >= 4 is 23.1 Å². The van der Waals surface area contributed by atoms with Crippen molar-refractivity contribution in [2.24, 2.45) is 0 Å². The summed E-state index contributed by atoms with van der Waals surface area (Å²) in [5.74, 6) is -0.253. The van der Waals surface area contributed by atoms with E-state index in [9.17, 15) is 4.39 Å². The van der Waals surface area contributed by atoms with Gasteiger partial charge in [0.2, 0.25) is 0 Å². The van der Waals surface area contributed by atoms with Gasteiger partial charge in [-0.05, 0) is 31.2 Å². The van der Waals surface area contributed by atoms with E-state index in [0.29, 0.717) is 0 Å². The normalized spacial score (nSPS) is 12.1. The van der Waals surface area contributed by atoms with Crippen LogP contribution < -0.4 is 0 Å². The Morgan fingerprint density at radius 2 is 2.12 bits per heavy atom. The Kier molecular flexibility index (Phi) is 3.77. The minimum atomic E-state index is -0.253. The zero-order valence-corrected chi connectivity index (χ0v) is 10.7. The van der Waals surface area contributed by atoms with Crippen molar-refractivity contribution in [1.82, 2.24) is 4.98 Å². The molecule has 0 saturated carbocycles. The van der Waals surface area contributed by atoms with Gasteiger partial charge in [0.15, 0.2) is 4.34 Å². The van der Waals surface area contributed by atoms with Gasteiger partial charge in [-0.1, -0.05) is 11.8 Å². The van der Waals surface area contributed by atoms with Crippen molar-refractivity contribution in [3.05, 3.63) is 35.5 Å². The van der Waals surface area contributed by atoms with Gasteiger partial charge in [-0.15, -0.1) is 11.3 Å². The molecule has 1 unspecified atom stereocenters. The SMILES string of the molecule is CC(C#N)Sc1nc(-c2ccc(F)cc2)cs1. The fourth-order valence-corrected chi connectivity index (χ4v) is 3.10. The summed E-state index contributed by atoms with van der Waals surface area (Å²) in [7, 11) is 0. The molecular formula is C12H9FN2S2. The number of aromatic nitrogens is 1. The molecular weight excluding hydrogens is 255 g/mol. The lowest BCUT2D eigenvalue weighted by Gasteiger charge is -1.97. The van der Waals surface area contributed by atoms with E-state index in [1.807, 2.05) is 12.3 Å². The molecule has 2 rings (SSSR count). The maximum absolute atomic E-state index is 12.8. The Balaban J connectivity index is 2.18. The van der Waals surface area contributed by atoms with Gasteiger partial charge in [0.05, 0.1) is 17.0 Å². The molecule has 1 heterocycles. The number of thiazole rings is 1. The summed E-state index contributed by atoms with van der Waals surface area (Å²) in [4.78, 5) is 4.41. The fourth-order valence-electron chi connectivity index (χ4n) is 1.24. The summed E-state index contributed by atoms with van der Waals surface area (Å²) in [5.41, 5.74) is 1.71. The third-order valence-corrected chi connectivity index (χ3v) is 4.05. The van der Waals surface area contributed by atoms with Crippen molar-refractivity contribution in [2.45, 2.75) is 16.5 Å². The van der Waals surface area contributed by atoms with Crippen LogP contribution in [0.4, 0.5) is 4.39 Å². The molecule has 1 atom stereocenters. The van der Waals surface area contributed by atoms with Crippen molar-refractivity contribution in [3.8, 4) is 17.3 Å². The Morgan fingerprint density at radius 1 is 1.41 bits per heavy atom. The van der Waals surface area contributed by atoms with Crippen LogP contribution >= 0.6 is 23.1 Å². The van der Waals surface area contributed by atoms with Crippen molar-refractivity contribution in [2.75, 3.05) is 0 Å². The smallest absolute Gasteiger partial charge is 0.151 e. The van der Waals surface area contributed by atoms with Gasteiger partial charge < -0.3 is 0 Å². The molecule has 0 amide bonds. The van der Waals surface area contributed by atoms with Crippen LogP contribution in [0, 0.1) is 17.1 Å². The highest BCUT2D eigenvalue weighted by molar-refractivity contribution is 8.01. The first-order chi connectivity index (χ1) is 8.19. The van der Waals surface area contributed by atoms with Crippen LogP contribution in [0.3, 0.4) is 0 Å². The Hall–Kier alpha value is -1.38. The van der Waals surface area contributed by atoms with E-state index < -0.39 is 0 Å². The van der Waals surface area contributed by atoms with Gasteiger partial charge in [-0.25, -0.2) is 9.37 Å². The first-order valence-electron chi connectivity index (χ1n) is 4.97. The molecule has 5 heteroatoms. The molecule has 0 aliphatic heterocycles. The minimum Gasteiger partial charge on any atom is -0.230 e. The lowest BCUT2D eigenvalue weighted by molar-refractivity contribution is 0.628. The molecule has 2 aromatic rings. The van der Waals surface area contributed by atoms with Gasteiger partial charge in [-0.3, -0.25) is 0 Å². The zero-order valence-electron chi connectivity index (χ0n) is 9.05. The number of benzene rings is 1. The molecule has 0 spiro atoms. The van der Waals surface area contributed by atoms with E-state index >= 15 is 0 Å². The van der Waals surface area contributed by atoms with Crippen LogP contribution in [0.2, 0.25) is 0 Å². The molecule has 17 heavy (non-hydrogen) atoms. The molecule has 0 N–H and O–H groups in total. The van der Waals surface area contributed by atoms with Gasteiger partial charge in [0.25, 0.3) is 0 Å². The minimum absolute atomic E-state index is 0.109. The second kappa shape index (κ2) is 5.30. The third-order valence-electron chi connectivity index (χ3n) is 2.08. The maximum atomic E-state index is 12.8. The number of thioether (sulfide) groups is 1. The van der Waals surface area contributed by atoms with Crippen LogP contribution in [0.25, 0.3) is 11.3 Å². The van der Waals surface area contributed by atoms with E-state index in [1.54, 1.807) is 12.1 Å². The van der Waals surface area contributed by atoms with E-state index in [-0.39, 0.29) is 11.1 Å². The highest BCUT2D eigenvalue weighted by Crippen LogP contribution is 2.30. The predicted molar refractivity (Wildman–Crippen MR) is 68.4 cm³/mol. The Morgan fingerprint density at radius 3 is 2.76 bits per heavy atom. The largest absolute Gasteiger partial charge is 0.230 e. The molecule has 0 aliphatic rings. The molecule has 86 valence electrons. The molecule has 1 aromatic heterocycles. The Labute approximate surface area is 107 Å². The van der Waals surface area contributed by atoms with Gasteiger partial charge in [0.1, 0.15) is 5.82 Å². The van der Waals surface area contributed by atoms with Crippen LogP contribution in [0.15, 0.2) is 34.0 Å². The van der Waals surface area contributed by atoms with Crippen molar-refractivity contribution < 1.29 is 4.39 Å². The maximum Gasteiger partial charge on any atom is 0.151 e. The van der Waals surface area contributed by atoms with E-state index in [2.05, 4.69) is 11.1 Å². The average molecular weight is 264 g/mol. The molecule has 0 saturated heterocycles. The van der Waals surface area contributed by atoms with Crippen LogP contribution in [-0.2, 0) is 0 Å². The molecule has 0 bridgehead atoms. The summed E-state index contributed by atoms with van der Waals surface area (Å²) in [6, 6.07) is 8.38. The molecule has 0 radical (unpaired) electrons. The summed E-state index contributed by atoms with van der Waals surface area (Å²) >= 11 is 2.93. The first-order valence-corrected chi connectivity index (χ1v) is 6.72. The third kappa shape index (κ3) is 3.05. The number of hydrogen-bond donors (Lipinski definition) is 0. The number of nitrogens with zero attached hydrogens (tertiary/aromatic N) is 2. The number of hydrogen-bond acceptors (Lipinski definition) is 4. The van der Waals surface area contributed by atoms with Crippen LogP contribution in [-0.4, -0.2) is 10.2 Å². The van der Waals surface area contributed by atoms with Crippen molar-refractivity contribution in [3.63, 3.8) is 0 Å². The fraction of sp³-hybridized carbons (Fsp3) is 0.167. The van der Waals surface area contributed by atoms with Gasteiger partial charge in [-0.2, -0.15) is 5.26 Å². The molecule has 0 fully saturated rings. The van der Waals surface area contributed by atoms with Crippen LogP contribution in [0.1, 0.15) is 6.92 Å². The molecule has 2 nitrogen and oxygen atoms in total.